The van der Waals surface area contributed by atoms with Crippen LogP contribution >= 0.6 is 11.3 Å². The highest BCUT2D eigenvalue weighted by Gasteiger charge is 1.93. The summed E-state index contributed by atoms with van der Waals surface area (Å²) in [6, 6.07) is 2.03. The Balaban J connectivity index is 2.07. The molecule has 0 fully saturated rings. The molecule has 0 aromatic carbocycles. The third kappa shape index (κ3) is 3.96. The maximum atomic E-state index is 9.94. The number of hydrogen-bond acceptors (Lipinski definition) is 4. The molecule has 1 atom stereocenters. The van der Waals surface area contributed by atoms with Gasteiger partial charge in [-0.1, -0.05) is 0 Å². The fraction of sp³-hybridized carbons (Fsp3) is 0.429. The molecule has 68 valence electrons. The average molecular weight is 205 g/mol. The van der Waals surface area contributed by atoms with Gasteiger partial charge in [-0.05, 0) is 35.2 Å². The van der Waals surface area contributed by atoms with Gasteiger partial charge in [0.15, 0.2) is 0 Å². The van der Waals surface area contributed by atoms with Gasteiger partial charge in [0, 0.05) is 0 Å². The Kier molecular flexibility index (Phi) is 4.45. The second kappa shape index (κ2) is 5.42. The molecule has 0 spiro atoms. The van der Waals surface area contributed by atoms with Crippen molar-refractivity contribution in [2.45, 2.75) is 12.8 Å². The van der Waals surface area contributed by atoms with E-state index in [1.165, 1.54) is 5.56 Å². The Morgan fingerprint density at radius 3 is 3.08 bits per heavy atom. The van der Waals surface area contributed by atoms with E-state index in [4.69, 9.17) is 0 Å². The molecule has 12 heavy (non-hydrogen) atoms. The van der Waals surface area contributed by atoms with E-state index in [2.05, 4.69) is 4.18 Å². The minimum absolute atomic E-state index is 0.270. The van der Waals surface area contributed by atoms with E-state index in [0.717, 1.165) is 12.8 Å². The third-order valence-electron chi connectivity index (χ3n) is 1.37. The van der Waals surface area contributed by atoms with Crippen molar-refractivity contribution in [2.24, 2.45) is 0 Å². The van der Waals surface area contributed by atoms with Crippen molar-refractivity contribution >= 4 is 22.7 Å². The topological polar surface area (TPSA) is 49.4 Å². The van der Waals surface area contributed by atoms with Crippen LogP contribution in [0.15, 0.2) is 16.8 Å². The van der Waals surface area contributed by atoms with Gasteiger partial charge < -0.3 is 8.74 Å². The molecule has 0 aliphatic carbocycles. The van der Waals surface area contributed by atoms with Gasteiger partial charge in [0.05, 0.1) is 18.0 Å². The summed E-state index contributed by atoms with van der Waals surface area (Å²) in [5, 5.41) is 4.05. The summed E-state index contributed by atoms with van der Waals surface area (Å²) in [5.74, 6) is 0. The van der Waals surface area contributed by atoms with Crippen LogP contribution in [0.4, 0.5) is 0 Å². The smallest absolute Gasteiger partial charge is 0.0842 e. The molecule has 1 rings (SSSR count). The van der Waals surface area contributed by atoms with Gasteiger partial charge in [0.2, 0.25) is 0 Å². The summed E-state index contributed by atoms with van der Waals surface area (Å²) >= 11 is -0.720. The molecule has 0 radical (unpaired) electrons. The van der Waals surface area contributed by atoms with Crippen molar-refractivity contribution in [1.82, 2.24) is 0 Å². The third-order valence-corrected chi connectivity index (χ3v) is 2.46. The molecule has 1 heterocycles. The quantitative estimate of drug-likeness (QED) is 0.540. The van der Waals surface area contributed by atoms with E-state index in [0.29, 0.717) is 0 Å². The normalized spacial score (nSPS) is 13.1. The molecule has 5 heteroatoms. The first-order valence-electron chi connectivity index (χ1n) is 3.52. The Hall–Kier alpha value is -0.230. The van der Waals surface area contributed by atoms with Crippen LogP contribution in [0.1, 0.15) is 12.0 Å². The van der Waals surface area contributed by atoms with Crippen LogP contribution in [-0.4, -0.2) is 15.4 Å². The molecule has 1 aromatic rings. The first kappa shape index (κ1) is 9.85. The van der Waals surface area contributed by atoms with Crippen molar-refractivity contribution in [3.63, 3.8) is 0 Å². The number of rotatable bonds is 5. The molecule has 0 aliphatic heterocycles. The van der Waals surface area contributed by atoms with Gasteiger partial charge >= 0.3 is 0 Å². The molecule has 0 aliphatic rings. The zero-order valence-electron chi connectivity index (χ0n) is 6.39. The maximum absolute atomic E-state index is 9.94. The van der Waals surface area contributed by atoms with E-state index >= 15 is 0 Å². The number of hydrogen-bond donors (Lipinski definition) is 0. The monoisotopic (exact) mass is 205 g/mol. The van der Waals surface area contributed by atoms with E-state index in [-0.39, 0.29) is 6.61 Å². The highest BCUT2D eigenvalue weighted by molar-refractivity contribution is 7.74. The second-order valence-corrected chi connectivity index (χ2v) is 3.69. The van der Waals surface area contributed by atoms with Crippen molar-refractivity contribution in [1.29, 1.82) is 0 Å². The lowest BCUT2D eigenvalue weighted by Crippen LogP contribution is -1.98. The lowest BCUT2D eigenvalue weighted by atomic mass is 10.2. The first-order valence-corrected chi connectivity index (χ1v) is 5.47. The first-order chi connectivity index (χ1) is 5.79. The second-order valence-electron chi connectivity index (χ2n) is 2.26. The Bertz CT molecular complexity index is 233. The van der Waals surface area contributed by atoms with Gasteiger partial charge in [0.25, 0.3) is 0 Å². The van der Waals surface area contributed by atoms with Crippen molar-refractivity contribution in [3.05, 3.63) is 22.4 Å². The van der Waals surface area contributed by atoms with Crippen LogP contribution in [0.3, 0.4) is 0 Å². The Labute approximate surface area is 77.9 Å². The van der Waals surface area contributed by atoms with E-state index in [1.807, 2.05) is 16.8 Å². The lowest BCUT2D eigenvalue weighted by Gasteiger charge is -2.04. The highest BCUT2D eigenvalue weighted by atomic mass is 32.2. The Morgan fingerprint density at radius 1 is 1.67 bits per heavy atom. The van der Waals surface area contributed by atoms with Gasteiger partial charge in [-0.25, -0.2) is 4.21 Å². The fourth-order valence-electron chi connectivity index (χ4n) is 0.838. The molecular weight excluding hydrogens is 196 g/mol. The zero-order chi connectivity index (χ0) is 8.81. The van der Waals surface area contributed by atoms with Crippen LogP contribution in [-0.2, 0) is 22.0 Å². The molecular formula is C7H9O3S2-. The maximum Gasteiger partial charge on any atom is 0.0842 e. The van der Waals surface area contributed by atoms with E-state index in [9.17, 15) is 8.76 Å². The molecule has 1 unspecified atom stereocenters. The summed E-state index contributed by atoms with van der Waals surface area (Å²) in [5.41, 5.74) is 1.24. The van der Waals surface area contributed by atoms with Crippen molar-refractivity contribution in [3.8, 4) is 0 Å². The van der Waals surface area contributed by atoms with Gasteiger partial charge in [0.1, 0.15) is 0 Å². The molecule has 0 N–H and O–H groups in total. The molecule has 0 saturated heterocycles. The standard InChI is InChI=1S/C7H10O3S2/c8-12(9)10-4-1-2-7-3-5-11-6-7/h3,5-6H,1-2,4H2,(H,8,9)/p-1. The fourth-order valence-corrected chi connectivity index (χ4v) is 1.80. The highest BCUT2D eigenvalue weighted by Crippen LogP contribution is 2.08. The predicted octanol–water partition coefficient (Wildman–Crippen LogP) is 1.49. The average Bonchev–Trinajstić information content (AvgIpc) is 2.49. The van der Waals surface area contributed by atoms with Crippen LogP contribution in [0.2, 0.25) is 0 Å². The van der Waals surface area contributed by atoms with Gasteiger partial charge in [-0.15, -0.1) is 0 Å². The molecule has 0 amide bonds. The summed E-state index contributed by atoms with van der Waals surface area (Å²) in [6.45, 7) is 0.270. The number of aryl methyl sites for hydroxylation is 1. The van der Waals surface area contributed by atoms with Gasteiger partial charge in [-0.2, -0.15) is 11.3 Å². The van der Waals surface area contributed by atoms with E-state index < -0.39 is 11.4 Å². The largest absolute Gasteiger partial charge is 0.750 e. The zero-order valence-corrected chi connectivity index (χ0v) is 8.03. The van der Waals surface area contributed by atoms with E-state index in [1.54, 1.807) is 11.3 Å². The van der Waals surface area contributed by atoms with Crippen LogP contribution in [0.25, 0.3) is 0 Å². The minimum Gasteiger partial charge on any atom is -0.750 e. The summed E-state index contributed by atoms with van der Waals surface area (Å²) in [6.07, 6.45) is 1.62. The summed E-state index contributed by atoms with van der Waals surface area (Å²) in [7, 11) is 0. The molecule has 0 bridgehead atoms. The Morgan fingerprint density at radius 2 is 2.50 bits per heavy atom. The predicted molar refractivity (Wildman–Crippen MR) is 47.5 cm³/mol. The summed E-state index contributed by atoms with van der Waals surface area (Å²) in [4.78, 5) is 0. The van der Waals surface area contributed by atoms with Crippen LogP contribution in [0.5, 0.6) is 0 Å². The van der Waals surface area contributed by atoms with Crippen LogP contribution in [0, 0.1) is 0 Å². The molecule has 3 nitrogen and oxygen atoms in total. The molecule has 0 saturated carbocycles. The molecule has 1 aromatic heterocycles. The van der Waals surface area contributed by atoms with Crippen molar-refractivity contribution in [2.75, 3.05) is 6.61 Å². The minimum atomic E-state index is -2.36. The van der Waals surface area contributed by atoms with Crippen molar-refractivity contribution < 1.29 is 12.9 Å². The lowest BCUT2D eigenvalue weighted by molar-refractivity contribution is 0.296. The van der Waals surface area contributed by atoms with Gasteiger partial charge in [-0.3, -0.25) is 0 Å². The SMILES string of the molecule is O=S([O-])OCCCc1ccsc1. The van der Waals surface area contributed by atoms with Crippen LogP contribution < -0.4 is 0 Å². The number of thiophene rings is 1. The summed E-state index contributed by atoms with van der Waals surface area (Å²) < 4.78 is 24.2.